The van der Waals surface area contributed by atoms with Crippen LogP contribution in [0.25, 0.3) is 0 Å². The number of amides is 1. The van der Waals surface area contributed by atoms with Gasteiger partial charge in [-0.1, -0.05) is 13.8 Å². The minimum Gasteiger partial charge on any atom is -0.497 e. The van der Waals surface area contributed by atoms with Crippen molar-refractivity contribution in [3.8, 4) is 11.5 Å². The predicted octanol–water partition coefficient (Wildman–Crippen LogP) is 1.42. The van der Waals surface area contributed by atoms with Crippen LogP contribution < -0.4 is 14.8 Å². The number of carboxylic acids is 1. The van der Waals surface area contributed by atoms with Gasteiger partial charge in [-0.25, -0.2) is 13.2 Å². The quantitative estimate of drug-likeness (QED) is 0.535. The third-order valence-corrected chi connectivity index (χ3v) is 6.41. The van der Waals surface area contributed by atoms with E-state index in [4.69, 9.17) is 19.4 Å². The molecule has 2 N–H and O–H groups in total. The van der Waals surface area contributed by atoms with Crippen LogP contribution in [0.2, 0.25) is 0 Å². The number of benzene rings is 1. The van der Waals surface area contributed by atoms with Crippen LogP contribution in [0.1, 0.15) is 13.8 Å². The van der Waals surface area contributed by atoms with Crippen molar-refractivity contribution < 1.29 is 45.8 Å². The molecule has 0 aromatic heterocycles. The topological polar surface area (TPSA) is 125 Å². The molecule has 0 unspecified atom stereocenters. The Kier molecular flexibility index (Phi) is 11.1. The Balaban J connectivity index is 0.000000718. The highest BCUT2D eigenvalue weighted by Crippen LogP contribution is 2.31. The molecule has 1 aromatic carbocycles. The predicted molar refractivity (Wildman–Crippen MR) is 116 cm³/mol. The van der Waals surface area contributed by atoms with E-state index in [1.54, 1.807) is 17.0 Å². The maximum Gasteiger partial charge on any atom is 0.490 e. The molecule has 10 nitrogen and oxygen atoms in total. The molecule has 0 bridgehead atoms. The van der Waals surface area contributed by atoms with Crippen molar-refractivity contribution in [2.24, 2.45) is 5.92 Å². The Morgan fingerprint density at radius 2 is 1.74 bits per heavy atom. The lowest BCUT2D eigenvalue weighted by Crippen LogP contribution is -2.50. The highest BCUT2D eigenvalue weighted by Gasteiger charge is 2.38. The number of sulfonamides is 1. The maximum atomic E-state index is 13.3. The number of rotatable bonds is 8. The summed E-state index contributed by atoms with van der Waals surface area (Å²) < 4.78 is 70.1. The summed E-state index contributed by atoms with van der Waals surface area (Å²) in [7, 11) is -1.05. The number of piperazine rings is 1. The number of nitrogens with one attached hydrogen (secondary N) is 1. The molecule has 1 heterocycles. The molecule has 1 aliphatic heterocycles. The van der Waals surface area contributed by atoms with Crippen LogP contribution in [-0.2, 0) is 19.6 Å². The first kappa shape index (κ1) is 29.5. The van der Waals surface area contributed by atoms with Crippen molar-refractivity contribution in [2.75, 3.05) is 53.5 Å². The van der Waals surface area contributed by atoms with Crippen molar-refractivity contribution in [3.63, 3.8) is 0 Å². The van der Waals surface area contributed by atoms with Gasteiger partial charge < -0.3 is 24.8 Å². The summed E-state index contributed by atoms with van der Waals surface area (Å²) in [6.45, 7) is 6.47. The van der Waals surface area contributed by atoms with E-state index in [1.165, 1.54) is 24.6 Å². The zero-order chi connectivity index (χ0) is 26.1. The molecular formula is C20H30F3N3O7S. The number of carboxylic acid groups (broad SMARTS) is 1. The van der Waals surface area contributed by atoms with E-state index >= 15 is 0 Å². The van der Waals surface area contributed by atoms with Crippen molar-refractivity contribution in [2.45, 2.75) is 24.9 Å². The fourth-order valence-corrected chi connectivity index (χ4v) is 4.67. The van der Waals surface area contributed by atoms with E-state index in [2.05, 4.69) is 5.32 Å². The number of carbonyl (C=O) groups is 2. The van der Waals surface area contributed by atoms with Crippen LogP contribution in [0.5, 0.6) is 11.5 Å². The minimum atomic E-state index is -5.08. The summed E-state index contributed by atoms with van der Waals surface area (Å²) in [5.74, 6) is -2.26. The van der Waals surface area contributed by atoms with E-state index in [-0.39, 0.29) is 35.6 Å². The molecule has 0 saturated carbocycles. The van der Waals surface area contributed by atoms with Crippen molar-refractivity contribution in [1.29, 1.82) is 0 Å². The average molecular weight is 514 g/mol. The summed E-state index contributed by atoms with van der Waals surface area (Å²) in [5.41, 5.74) is 0. The zero-order valence-electron chi connectivity index (χ0n) is 19.4. The minimum absolute atomic E-state index is 0.00175. The second kappa shape index (κ2) is 12.8. The molecule has 194 valence electrons. The largest absolute Gasteiger partial charge is 0.497 e. The third-order valence-electron chi connectivity index (χ3n) is 4.58. The molecule has 1 fully saturated rings. The lowest BCUT2D eigenvalue weighted by atomic mass is 10.2. The molecule has 34 heavy (non-hydrogen) atoms. The number of alkyl halides is 3. The summed E-state index contributed by atoms with van der Waals surface area (Å²) in [6, 6.07) is 4.62. The number of aliphatic carboxylic acids is 1. The van der Waals surface area contributed by atoms with Crippen LogP contribution in [0, 0.1) is 5.92 Å². The van der Waals surface area contributed by atoms with Crippen LogP contribution in [0.3, 0.4) is 0 Å². The van der Waals surface area contributed by atoms with E-state index < -0.39 is 22.2 Å². The lowest BCUT2D eigenvalue weighted by molar-refractivity contribution is -0.192. The Hall–Kier alpha value is -2.58. The maximum absolute atomic E-state index is 13.3. The Labute approximate surface area is 196 Å². The average Bonchev–Trinajstić information content (AvgIpc) is 2.78. The van der Waals surface area contributed by atoms with E-state index in [0.717, 1.165) is 0 Å². The molecule has 0 aliphatic carbocycles. The first-order valence-corrected chi connectivity index (χ1v) is 11.7. The van der Waals surface area contributed by atoms with Gasteiger partial charge in [-0.2, -0.15) is 17.5 Å². The number of methoxy groups -OCH3 is 2. The number of nitrogens with zero attached hydrogens (tertiary/aromatic N) is 2. The molecule has 1 aliphatic rings. The second-order valence-electron chi connectivity index (χ2n) is 7.64. The van der Waals surface area contributed by atoms with Gasteiger partial charge in [-0.15, -0.1) is 0 Å². The van der Waals surface area contributed by atoms with Gasteiger partial charge in [-0.3, -0.25) is 4.79 Å². The molecule has 1 saturated heterocycles. The zero-order valence-corrected chi connectivity index (χ0v) is 20.2. The normalized spacial score (nSPS) is 14.4. The number of hydrogen-bond donors (Lipinski definition) is 2. The SMILES string of the molecule is COc1ccc(OC)c(S(=O)(=O)N(CC(=O)N2CCNCC2)CC(C)C)c1.O=C(O)C(F)(F)F. The third kappa shape index (κ3) is 8.65. The summed E-state index contributed by atoms with van der Waals surface area (Å²) in [5, 5.41) is 10.3. The Bertz CT molecular complexity index is 934. The van der Waals surface area contributed by atoms with E-state index in [9.17, 15) is 26.4 Å². The molecule has 14 heteroatoms. The summed E-state index contributed by atoms with van der Waals surface area (Å²) in [6.07, 6.45) is -5.08. The first-order chi connectivity index (χ1) is 15.7. The fourth-order valence-electron chi connectivity index (χ4n) is 2.94. The highest BCUT2D eigenvalue weighted by molar-refractivity contribution is 7.89. The second-order valence-corrected chi connectivity index (χ2v) is 9.55. The number of hydrogen-bond acceptors (Lipinski definition) is 7. The van der Waals surface area contributed by atoms with Gasteiger partial charge in [0.2, 0.25) is 15.9 Å². The van der Waals surface area contributed by atoms with Crippen LogP contribution >= 0.6 is 0 Å². The number of carbonyl (C=O) groups excluding carboxylic acids is 1. The molecule has 0 radical (unpaired) electrons. The number of ether oxygens (including phenoxy) is 2. The standard InChI is InChI=1S/C18H29N3O5S.C2HF3O2/c1-14(2)12-21(13-18(22)20-9-7-19-8-10-20)27(23,24)17-11-15(25-3)5-6-16(17)26-4;3-2(4,5)1(6)7/h5-6,11,14,19H,7-10,12-13H2,1-4H3;(H,6,7). The molecule has 2 rings (SSSR count). The Morgan fingerprint density at radius 1 is 1.18 bits per heavy atom. The van der Waals surface area contributed by atoms with Gasteiger partial charge in [0.25, 0.3) is 0 Å². The molecule has 0 atom stereocenters. The lowest BCUT2D eigenvalue weighted by Gasteiger charge is -2.31. The van der Waals surface area contributed by atoms with Gasteiger partial charge in [0, 0.05) is 38.8 Å². The van der Waals surface area contributed by atoms with Gasteiger partial charge in [0.1, 0.15) is 16.4 Å². The van der Waals surface area contributed by atoms with Crippen LogP contribution in [0.4, 0.5) is 13.2 Å². The fraction of sp³-hybridized carbons (Fsp3) is 0.600. The summed E-state index contributed by atoms with van der Waals surface area (Å²) in [4.78, 5) is 23.3. The van der Waals surface area contributed by atoms with Crippen molar-refractivity contribution >= 4 is 21.9 Å². The number of halogens is 3. The van der Waals surface area contributed by atoms with Crippen molar-refractivity contribution in [3.05, 3.63) is 18.2 Å². The van der Waals surface area contributed by atoms with Crippen LogP contribution in [-0.4, -0.2) is 94.3 Å². The molecular weight excluding hydrogens is 483 g/mol. The van der Waals surface area contributed by atoms with E-state index in [0.29, 0.717) is 31.9 Å². The molecule has 1 aromatic rings. The van der Waals surface area contributed by atoms with Gasteiger partial charge in [-0.05, 0) is 18.1 Å². The monoisotopic (exact) mass is 513 g/mol. The van der Waals surface area contributed by atoms with Crippen LogP contribution in [0.15, 0.2) is 23.1 Å². The first-order valence-electron chi connectivity index (χ1n) is 10.2. The molecule has 0 spiro atoms. The van der Waals surface area contributed by atoms with Crippen molar-refractivity contribution in [1.82, 2.24) is 14.5 Å². The van der Waals surface area contributed by atoms with E-state index in [1.807, 2.05) is 13.8 Å². The smallest absolute Gasteiger partial charge is 0.490 e. The van der Waals surface area contributed by atoms with Gasteiger partial charge in [0.05, 0.1) is 20.8 Å². The van der Waals surface area contributed by atoms with Gasteiger partial charge in [0.15, 0.2) is 0 Å². The summed E-state index contributed by atoms with van der Waals surface area (Å²) >= 11 is 0. The van der Waals surface area contributed by atoms with Gasteiger partial charge >= 0.3 is 12.1 Å². The molecule has 1 amide bonds. The Morgan fingerprint density at radius 3 is 2.18 bits per heavy atom. The highest BCUT2D eigenvalue weighted by atomic mass is 32.2.